The van der Waals surface area contributed by atoms with Gasteiger partial charge in [-0.05, 0) is 31.3 Å². The molecule has 0 saturated heterocycles. The molecule has 3 atom stereocenters. The highest BCUT2D eigenvalue weighted by Crippen LogP contribution is 2.38. The van der Waals surface area contributed by atoms with Crippen LogP contribution in [0.4, 0.5) is 0 Å². The summed E-state index contributed by atoms with van der Waals surface area (Å²) in [6.45, 7) is 0.702. The number of rotatable bonds is 6. The lowest BCUT2D eigenvalue weighted by atomic mass is 9.77. The molecular weight excluding hydrogens is 348 g/mol. The van der Waals surface area contributed by atoms with Crippen molar-refractivity contribution in [2.24, 2.45) is 16.1 Å². The predicted molar refractivity (Wildman–Crippen MR) is 102 cm³/mol. The lowest BCUT2D eigenvalue weighted by molar-refractivity contribution is -0.0637. The van der Waals surface area contributed by atoms with E-state index < -0.39 is 0 Å². The molecule has 0 spiro atoms. The van der Waals surface area contributed by atoms with Crippen molar-refractivity contribution in [1.82, 2.24) is 0 Å². The van der Waals surface area contributed by atoms with E-state index >= 15 is 0 Å². The van der Waals surface area contributed by atoms with Crippen molar-refractivity contribution in [3.63, 3.8) is 0 Å². The Morgan fingerprint density at radius 2 is 1.70 bits per heavy atom. The fourth-order valence-corrected chi connectivity index (χ4v) is 4.47. The second-order valence-electron chi connectivity index (χ2n) is 7.21. The van der Waals surface area contributed by atoms with Crippen molar-refractivity contribution in [3.05, 3.63) is 22.7 Å². The minimum absolute atomic E-state index is 0.0102. The number of dihydropyridines is 1. The largest absolute Gasteiger partial charge is 0.497 e. The second-order valence-corrected chi connectivity index (χ2v) is 7.21. The van der Waals surface area contributed by atoms with Crippen LogP contribution in [-0.4, -0.2) is 63.8 Å². The molecule has 0 bridgehead atoms. The summed E-state index contributed by atoms with van der Waals surface area (Å²) in [6.07, 6.45) is 4.83. The quantitative estimate of drug-likeness (QED) is 0.436. The fraction of sp³-hybridized carbons (Fsp3) is 0.700. The first-order valence-electron chi connectivity index (χ1n) is 9.50. The molecule has 0 aromatic rings. The first-order chi connectivity index (χ1) is 13.2. The Kier molecular flexibility index (Phi) is 6.55. The van der Waals surface area contributed by atoms with Crippen LogP contribution in [-0.2, 0) is 18.9 Å². The molecule has 0 aromatic heterocycles. The predicted octanol–water partition coefficient (Wildman–Crippen LogP) is 3.09. The second kappa shape index (κ2) is 8.89. The lowest BCUT2D eigenvalue weighted by Crippen LogP contribution is -2.41. The SMILES string of the molecule is COC1=C(OC)CC2=C(CCN=C2/C(=N\O)C2CCC(OC)C(OC)C2)C1. The van der Waals surface area contributed by atoms with Gasteiger partial charge in [0.25, 0.3) is 0 Å². The first kappa shape index (κ1) is 19.9. The summed E-state index contributed by atoms with van der Waals surface area (Å²) in [5.74, 6) is 1.79. The van der Waals surface area contributed by atoms with Gasteiger partial charge >= 0.3 is 0 Å². The summed E-state index contributed by atoms with van der Waals surface area (Å²) in [5.41, 5.74) is 3.90. The molecule has 3 aliphatic rings. The van der Waals surface area contributed by atoms with Crippen LogP contribution >= 0.6 is 0 Å². The number of oxime groups is 1. The minimum atomic E-state index is -0.0102. The Balaban J connectivity index is 1.84. The average Bonchev–Trinajstić information content (AvgIpc) is 2.73. The minimum Gasteiger partial charge on any atom is -0.497 e. The monoisotopic (exact) mass is 378 g/mol. The summed E-state index contributed by atoms with van der Waals surface area (Å²) in [5, 5.41) is 13.6. The third kappa shape index (κ3) is 3.89. The summed E-state index contributed by atoms with van der Waals surface area (Å²) in [6, 6.07) is 0. The van der Waals surface area contributed by atoms with Gasteiger partial charge in [-0.15, -0.1) is 0 Å². The number of nitrogens with zero attached hydrogens (tertiary/aromatic N) is 2. The molecule has 3 rings (SSSR count). The third-order valence-electron chi connectivity index (χ3n) is 5.98. The number of ether oxygens (including phenoxy) is 4. The van der Waals surface area contributed by atoms with Crippen molar-refractivity contribution in [2.75, 3.05) is 35.0 Å². The van der Waals surface area contributed by atoms with Gasteiger partial charge in [-0.3, -0.25) is 4.99 Å². The van der Waals surface area contributed by atoms with Crippen LogP contribution in [0.1, 0.15) is 38.5 Å². The van der Waals surface area contributed by atoms with Gasteiger partial charge < -0.3 is 24.2 Å². The molecule has 150 valence electrons. The molecule has 0 aromatic carbocycles. The molecule has 0 radical (unpaired) electrons. The van der Waals surface area contributed by atoms with Crippen LogP contribution < -0.4 is 0 Å². The van der Waals surface area contributed by atoms with Crippen LogP contribution in [0.5, 0.6) is 0 Å². The van der Waals surface area contributed by atoms with Gasteiger partial charge in [0.05, 0.1) is 32.1 Å². The van der Waals surface area contributed by atoms with Crippen molar-refractivity contribution in [3.8, 4) is 0 Å². The molecule has 1 saturated carbocycles. The highest BCUT2D eigenvalue weighted by molar-refractivity contribution is 6.49. The average molecular weight is 378 g/mol. The molecule has 1 heterocycles. The maximum atomic E-state index is 9.87. The van der Waals surface area contributed by atoms with Gasteiger partial charge in [0.2, 0.25) is 0 Å². The Bertz CT molecular complexity index is 680. The molecular formula is C20H30N2O5. The van der Waals surface area contributed by atoms with Crippen molar-refractivity contribution >= 4 is 11.4 Å². The van der Waals surface area contributed by atoms with Gasteiger partial charge in [0.1, 0.15) is 17.2 Å². The summed E-state index contributed by atoms with van der Waals surface area (Å²) >= 11 is 0. The summed E-state index contributed by atoms with van der Waals surface area (Å²) < 4.78 is 22.2. The van der Waals surface area contributed by atoms with Crippen LogP contribution in [0.3, 0.4) is 0 Å². The van der Waals surface area contributed by atoms with E-state index in [4.69, 9.17) is 23.9 Å². The number of hydrogen-bond acceptors (Lipinski definition) is 7. The topological polar surface area (TPSA) is 81.9 Å². The molecule has 0 amide bonds. The van der Waals surface area contributed by atoms with E-state index in [0.717, 1.165) is 54.9 Å². The number of methoxy groups -OCH3 is 4. The molecule has 2 aliphatic carbocycles. The highest BCUT2D eigenvalue weighted by atomic mass is 16.5. The molecule has 1 aliphatic heterocycles. The smallest absolute Gasteiger partial charge is 0.138 e. The van der Waals surface area contributed by atoms with Crippen molar-refractivity contribution in [2.45, 2.75) is 50.7 Å². The van der Waals surface area contributed by atoms with E-state index in [1.54, 1.807) is 28.4 Å². The van der Waals surface area contributed by atoms with E-state index in [1.165, 1.54) is 5.57 Å². The molecule has 1 N–H and O–H groups in total. The maximum absolute atomic E-state index is 9.87. The van der Waals surface area contributed by atoms with Crippen molar-refractivity contribution in [1.29, 1.82) is 0 Å². The standard InChI is InChI=1S/C20H30N2O5/c1-24-15-6-5-13(10-16(15)25-2)19(22-23)20-14-11-18(27-4)17(26-3)9-12(14)7-8-21-20/h13,15-16,23H,5-11H2,1-4H3/b22-19-. The van der Waals surface area contributed by atoms with Crippen LogP contribution in [0.2, 0.25) is 0 Å². The highest BCUT2D eigenvalue weighted by Gasteiger charge is 2.37. The van der Waals surface area contributed by atoms with Crippen LogP contribution in [0.25, 0.3) is 0 Å². The van der Waals surface area contributed by atoms with E-state index in [-0.39, 0.29) is 18.1 Å². The lowest BCUT2D eigenvalue weighted by Gasteiger charge is -2.36. The first-order valence-corrected chi connectivity index (χ1v) is 9.50. The van der Waals surface area contributed by atoms with Crippen LogP contribution in [0, 0.1) is 5.92 Å². The molecule has 1 fully saturated rings. The van der Waals surface area contributed by atoms with E-state index in [9.17, 15) is 5.21 Å². The van der Waals surface area contributed by atoms with Crippen LogP contribution in [0.15, 0.2) is 32.8 Å². The summed E-state index contributed by atoms with van der Waals surface area (Å²) in [4.78, 5) is 4.75. The zero-order valence-electron chi connectivity index (χ0n) is 16.7. The normalized spacial score (nSPS) is 29.4. The van der Waals surface area contributed by atoms with Crippen molar-refractivity contribution < 1.29 is 24.2 Å². The van der Waals surface area contributed by atoms with E-state index in [2.05, 4.69) is 5.16 Å². The van der Waals surface area contributed by atoms with Gasteiger partial charge in [-0.25, -0.2) is 0 Å². The Morgan fingerprint density at radius 1 is 1.00 bits per heavy atom. The van der Waals surface area contributed by atoms with Gasteiger partial charge in [-0.1, -0.05) is 10.7 Å². The molecule has 7 nitrogen and oxygen atoms in total. The zero-order chi connectivity index (χ0) is 19.4. The third-order valence-corrected chi connectivity index (χ3v) is 5.98. The van der Waals surface area contributed by atoms with Gasteiger partial charge in [0.15, 0.2) is 0 Å². The Labute approximate surface area is 160 Å². The zero-order valence-corrected chi connectivity index (χ0v) is 16.7. The van der Waals surface area contributed by atoms with Gasteiger partial charge in [0, 0.05) is 39.5 Å². The number of allylic oxidation sites excluding steroid dienone is 2. The van der Waals surface area contributed by atoms with E-state index in [0.29, 0.717) is 18.7 Å². The Morgan fingerprint density at radius 3 is 2.33 bits per heavy atom. The molecule has 7 heteroatoms. The molecule has 3 unspecified atom stereocenters. The fourth-order valence-electron chi connectivity index (χ4n) is 4.47. The van der Waals surface area contributed by atoms with E-state index in [1.807, 2.05) is 0 Å². The number of hydrogen-bond donors (Lipinski definition) is 1. The molecule has 27 heavy (non-hydrogen) atoms. The summed E-state index contributed by atoms with van der Waals surface area (Å²) in [7, 11) is 6.76. The number of aliphatic imine (C=N–C) groups is 1. The maximum Gasteiger partial charge on any atom is 0.138 e. The Hall–Kier alpha value is -1.86. The van der Waals surface area contributed by atoms with Gasteiger partial charge in [-0.2, -0.15) is 0 Å².